The van der Waals surface area contributed by atoms with Crippen LogP contribution in [0.5, 0.6) is 11.5 Å². The van der Waals surface area contributed by atoms with Gasteiger partial charge in [0.1, 0.15) is 6.61 Å². The first-order valence-electron chi connectivity index (χ1n) is 16.6. The van der Waals surface area contributed by atoms with Crippen LogP contribution in [0, 0.1) is 24.7 Å². The standard InChI is InChI=1S/C41H47NO4/c1-26-17-27(2)19-29(18-26)25-46-35-14-13-30(20-36(35)45-7)37-38-31(21-40(3,4)23-33(38)43)42(16-15-28-11-9-8-10-12-28)32-22-41(5,6)24-34(44)39(32)37/h8-14,17-20,37H,15-16,21-25H2,1-7H3. The van der Waals surface area contributed by atoms with Crippen molar-refractivity contribution in [2.45, 2.75) is 86.2 Å². The van der Waals surface area contributed by atoms with Crippen LogP contribution in [-0.2, 0) is 22.6 Å². The van der Waals surface area contributed by atoms with Crippen LogP contribution < -0.4 is 9.47 Å². The minimum absolute atomic E-state index is 0.138. The highest BCUT2D eigenvalue weighted by Gasteiger charge is 2.49. The molecule has 3 aromatic carbocycles. The van der Waals surface area contributed by atoms with Gasteiger partial charge in [-0.3, -0.25) is 9.59 Å². The lowest BCUT2D eigenvalue weighted by atomic mass is 9.63. The predicted octanol–water partition coefficient (Wildman–Crippen LogP) is 8.82. The Labute approximate surface area is 274 Å². The normalized spacial score (nSPS) is 19.2. The summed E-state index contributed by atoms with van der Waals surface area (Å²) in [6, 6.07) is 22.8. The lowest BCUT2D eigenvalue weighted by molar-refractivity contribution is -0.119. The molecule has 0 fully saturated rings. The van der Waals surface area contributed by atoms with Crippen LogP contribution in [0.2, 0.25) is 0 Å². The first kappa shape index (κ1) is 31.8. The summed E-state index contributed by atoms with van der Waals surface area (Å²) in [5.41, 5.74) is 9.05. The van der Waals surface area contributed by atoms with E-state index in [1.54, 1.807) is 7.11 Å². The molecule has 6 rings (SSSR count). The Morgan fingerprint density at radius 1 is 0.717 bits per heavy atom. The number of benzene rings is 3. The van der Waals surface area contributed by atoms with Gasteiger partial charge in [-0.25, -0.2) is 0 Å². The van der Waals surface area contributed by atoms with Gasteiger partial charge in [0.2, 0.25) is 0 Å². The lowest BCUT2D eigenvalue weighted by Gasteiger charge is -2.49. The van der Waals surface area contributed by atoms with Crippen molar-refractivity contribution in [2.75, 3.05) is 13.7 Å². The number of methoxy groups -OCH3 is 1. The van der Waals surface area contributed by atoms with E-state index in [1.807, 2.05) is 24.3 Å². The molecular weight excluding hydrogens is 570 g/mol. The van der Waals surface area contributed by atoms with E-state index in [4.69, 9.17) is 9.47 Å². The first-order valence-corrected chi connectivity index (χ1v) is 16.6. The molecule has 0 bridgehead atoms. The molecule has 240 valence electrons. The van der Waals surface area contributed by atoms with Gasteiger partial charge in [-0.2, -0.15) is 0 Å². The number of nitrogens with zero attached hydrogens (tertiary/aromatic N) is 1. The number of carbonyl (C=O) groups excluding carboxylic acids is 2. The van der Waals surface area contributed by atoms with Gasteiger partial charge in [0, 0.05) is 47.8 Å². The van der Waals surface area contributed by atoms with Crippen molar-refractivity contribution in [1.29, 1.82) is 0 Å². The third-order valence-electron chi connectivity index (χ3n) is 9.69. The third kappa shape index (κ3) is 6.42. The van der Waals surface area contributed by atoms with E-state index in [0.29, 0.717) is 30.9 Å². The average Bonchev–Trinajstić information content (AvgIpc) is 2.97. The summed E-state index contributed by atoms with van der Waals surface area (Å²) in [5.74, 6) is 1.09. The van der Waals surface area contributed by atoms with Gasteiger partial charge in [0.05, 0.1) is 7.11 Å². The summed E-state index contributed by atoms with van der Waals surface area (Å²) >= 11 is 0. The van der Waals surface area contributed by atoms with Crippen molar-refractivity contribution in [3.8, 4) is 11.5 Å². The molecule has 1 aliphatic heterocycles. The molecule has 2 aliphatic carbocycles. The van der Waals surface area contributed by atoms with Crippen molar-refractivity contribution in [3.63, 3.8) is 0 Å². The zero-order valence-corrected chi connectivity index (χ0v) is 28.5. The Bertz CT molecular complexity index is 1670. The van der Waals surface area contributed by atoms with Crippen LogP contribution in [0.4, 0.5) is 0 Å². The maximum Gasteiger partial charge on any atom is 0.162 e. The predicted molar refractivity (Wildman–Crippen MR) is 183 cm³/mol. The maximum absolute atomic E-state index is 14.2. The van der Waals surface area contributed by atoms with Crippen molar-refractivity contribution < 1.29 is 19.1 Å². The van der Waals surface area contributed by atoms with Crippen LogP contribution in [0.15, 0.2) is 89.3 Å². The number of ether oxygens (including phenoxy) is 2. The van der Waals surface area contributed by atoms with Crippen molar-refractivity contribution >= 4 is 11.6 Å². The smallest absolute Gasteiger partial charge is 0.162 e. The molecule has 0 radical (unpaired) electrons. The Kier molecular flexibility index (Phi) is 8.47. The van der Waals surface area contributed by atoms with Crippen molar-refractivity contribution in [2.24, 2.45) is 10.8 Å². The third-order valence-corrected chi connectivity index (χ3v) is 9.69. The van der Waals surface area contributed by atoms with E-state index in [-0.39, 0.29) is 22.4 Å². The van der Waals surface area contributed by atoms with E-state index >= 15 is 0 Å². The minimum atomic E-state index is -0.424. The Morgan fingerprint density at radius 3 is 1.87 bits per heavy atom. The number of rotatable bonds is 8. The highest BCUT2D eigenvalue weighted by Crippen LogP contribution is 2.55. The summed E-state index contributed by atoms with van der Waals surface area (Å²) in [4.78, 5) is 30.8. The number of carbonyl (C=O) groups is 2. The molecule has 5 nitrogen and oxygen atoms in total. The second-order valence-corrected chi connectivity index (χ2v) is 15.1. The highest BCUT2D eigenvalue weighted by atomic mass is 16.5. The molecule has 0 spiro atoms. The van der Waals surface area contributed by atoms with Gasteiger partial charge in [-0.1, -0.05) is 93.4 Å². The van der Waals surface area contributed by atoms with Gasteiger partial charge < -0.3 is 14.4 Å². The minimum Gasteiger partial charge on any atom is -0.493 e. The summed E-state index contributed by atoms with van der Waals surface area (Å²) in [5, 5.41) is 0. The zero-order chi connectivity index (χ0) is 32.8. The van der Waals surface area contributed by atoms with Crippen LogP contribution >= 0.6 is 0 Å². The second-order valence-electron chi connectivity index (χ2n) is 15.1. The number of hydrogen-bond acceptors (Lipinski definition) is 5. The maximum atomic E-state index is 14.2. The van der Waals surface area contributed by atoms with Crippen molar-refractivity contribution in [3.05, 3.63) is 117 Å². The fourth-order valence-corrected chi connectivity index (χ4v) is 7.83. The zero-order valence-electron chi connectivity index (χ0n) is 28.5. The van der Waals surface area contributed by atoms with Gasteiger partial charge >= 0.3 is 0 Å². The Balaban J connectivity index is 1.44. The summed E-state index contributed by atoms with van der Waals surface area (Å²) in [6.45, 7) is 14.1. The monoisotopic (exact) mass is 617 g/mol. The highest BCUT2D eigenvalue weighted by molar-refractivity contribution is 6.06. The fraction of sp³-hybridized carbons (Fsp3) is 0.415. The molecule has 0 N–H and O–H groups in total. The average molecular weight is 618 g/mol. The van der Waals surface area contributed by atoms with E-state index in [2.05, 4.69) is 88.9 Å². The molecule has 0 saturated carbocycles. The van der Waals surface area contributed by atoms with Gasteiger partial charge in [0.25, 0.3) is 0 Å². The molecule has 3 aromatic rings. The van der Waals surface area contributed by atoms with E-state index in [9.17, 15) is 9.59 Å². The fourth-order valence-electron chi connectivity index (χ4n) is 7.83. The molecule has 0 amide bonds. The van der Waals surface area contributed by atoms with E-state index in [0.717, 1.165) is 59.5 Å². The summed E-state index contributed by atoms with van der Waals surface area (Å²) in [6.07, 6.45) is 3.34. The molecule has 1 heterocycles. The molecule has 0 atom stereocenters. The summed E-state index contributed by atoms with van der Waals surface area (Å²) < 4.78 is 12.2. The van der Waals surface area contributed by atoms with Crippen LogP contribution in [0.3, 0.4) is 0 Å². The number of hydrogen-bond donors (Lipinski definition) is 0. The quantitative estimate of drug-likeness (QED) is 0.253. The van der Waals surface area contributed by atoms with E-state index in [1.165, 1.54) is 16.7 Å². The second kappa shape index (κ2) is 12.2. The Hall–Kier alpha value is -4.12. The molecule has 3 aliphatic rings. The Morgan fingerprint density at radius 2 is 1.30 bits per heavy atom. The van der Waals surface area contributed by atoms with Crippen molar-refractivity contribution in [1.82, 2.24) is 4.90 Å². The van der Waals surface area contributed by atoms with Crippen LogP contribution in [0.25, 0.3) is 0 Å². The number of aryl methyl sites for hydroxylation is 2. The van der Waals surface area contributed by atoms with Gasteiger partial charge in [-0.15, -0.1) is 0 Å². The number of Topliss-reactive ketones (excluding diaryl/α,β-unsaturated/α-hetero) is 2. The molecule has 5 heteroatoms. The molecule has 0 saturated heterocycles. The number of allylic oxidation sites excluding steroid dienone is 4. The largest absolute Gasteiger partial charge is 0.493 e. The van der Waals surface area contributed by atoms with Crippen LogP contribution in [-0.4, -0.2) is 30.1 Å². The lowest BCUT2D eigenvalue weighted by Crippen LogP contribution is -2.45. The number of ketones is 2. The molecular formula is C41H47NO4. The molecule has 0 unspecified atom stereocenters. The summed E-state index contributed by atoms with van der Waals surface area (Å²) in [7, 11) is 1.65. The SMILES string of the molecule is COc1cc(C2C3=C(CC(C)(C)CC3=O)N(CCc3ccccc3)C3=C2C(=O)CC(C)(C)C3)ccc1OCc1cc(C)cc(C)c1. The molecule has 46 heavy (non-hydrogen) atoms. The topological polar surface area (TPSA) is 55.8 Å². The molecule has 0 aromatic heterocycles. The van der Waals surface area contributed by atoms with Gasteiger partial charge in [0.15, 0.2) is 23.1 Å². The van der Waals surface area contributed by atoms with Gasteiger partial charge in [-0.05, 0) is 72.8 Å². The van der Waals surface area contributed by atoms with Crippen LogP contribution in [0.1, 0.15) is 87.1 Å². The first-order chi connectivity index (χ1) is 21.8. The van der Waals surface area contributed by atoms with E-state index < -0.39 is 5.92 Å².